The van der Waals surface area contributed by atoms with Gasteiger partial charge in [-0.05, 0) is 30.7 Å². The Morgan fingerprint density at radius 1 is 1.61 bits per heavy atom. The van der Waals surface area contributed by atoms with Gasteiger partial charge in [-0.3, -0.25) is 4.79 Å². The summed E-state index contributed by atoms with van der Waals surface area (Å²) >= 11 is 1.42. The third kappa shape index (κ3) is 2.58. The first-order valence-electron chi connectivity index (χ1n) is 6.11. The van der Waals surface area contributed by atoms with E-state index in [0.717, 1.165) is 18.5 Å². The highest BCUT2D eigenvalue weighted by molar-refractivity contribution is 7.12. The Labute approximate surface area is 111 Å². The largest absolute Gasteiger partial charge is 0.384 e. The van der Waals surface area contributed by atoms with Crippen LogP contribution in [0.5, 0.6) is 0 Å². The maximum absolute atomic E-state index is 12.5. The summed E-state index contributed by atoms with van der Waals surface area (Å²) in [5.41, 5.74) is 0.728. The number of aliphatic hydroxyl groups excluding tert-OH is 1. The Balaban J connectivity index is 2.21. The number of thiophene rings is 1. The van der Waals surface area contributed by atoms with Crippen LogP contribution in [-0.2, 0) is 0 Å². The average molecular weight is 263 g/mol. The highest BCUT2D eigenvalue weighted by atomic mass is 32.1. The number of likely N-dealkylation sites (tertiary alicyclic amines) is 1. The lowest BCUT2D eigenvalue weighted by Crippen LogP contribution is -2.33. The van der Waals surface area contributed by atoms with Crippen LogP contribution in [0.25, 0.3) is 0 Å². The molecular weight excluding hydrogens is 246 g/mol. The van der Waals surface area contributed by atoms with E-state index in [-0.39, 0.29) is 12.5 Å². The van der Waals surface area contributed by atoms with E-state index in [1.54, 1.807) is 0 Å². The van der Waals surface area contributed by atoms with Gasteiger partial charge in [-0.2, -0.15) is 0 Å². The van der Waals surface area contributed by atoms with E-state index in [9.17, 15) is 4.79 Å². The zero-order chi connectivity index (χ0) is 13.1. The normalized spacial score (nSPS) is 22.7. The lowest BCUT2D eigenvalue weighted by atomic mass is 10.1. The van der Waals surface area contributed by atoms with E-state index in [2.05, 4.69) is 25.7 Å². The Kier molecular flexibility index (Phi) is 4.05. The van der Waals surface area contributed by atoms with E-state index < -0.39 is 0 Å². The molecule has 0 saturated carbocycles. The second-order valence-electron chi connectivity index (χ2n) is 4.77. The van der Waals surface area contributed by atoms with Gasteiger partial charge in [-0.15, -0.1) is 11.3 Å². The number of aliphatic hydroxyl groups is 1. The van der Waals surface area contributed by atoms with Crippen LogP contribution in [0.4, 0.5) is 0 Å². The summed E-state index contributed by atoms with van der Waals surface area (Å²) in [4.78, 5) is 15.1. The van der Waals surface area contributed by atoms with Crippen molar-refractivity contribution in [1.29, 1.82) is 0 Å². The van der Waals surface area contributed by atoms with Gasteiger partial charge in [-0.1, -0.05) is 18.8 Å². The van der Waals surface area contributed by atoms with Gasteiger partial charge in [0.15, 0.2) is 0 Å². The van der Waals surface area contributed by atoms with E-state index in [4.69, 9.17) is 5.11 Å². The third-order valence-corrected chi connectivity index (χ3v) is 4.11. The Morgan fingerprint density at radius 3 is 3.00 bits per heavy atom. The second kappa shape index (κ2) is 5.55. The summed E-state index contributed by atoms with van der Waals surface area (Å²) in [6.07, 6.45) is 1.06. The van der Waals surface area contributed by atoms with Crippen molar-refractivity contribution in [1.82, 2.24) is 4.90 Å². The molecule has 18 heavy (non-hydrogen) atoms. The molecule has 96 valence electrons. The van der Waals surface area contributed by atoms with Crippen LogP contribution >= 0.6 is 11.3 Å². The first-order chi connectivity index (χ1) is 8.63. The van der Waals surface area contributed by atoms with Gasteiger partial charge in [0.25, 0.3) is 5.91 Å². The molecular formula is C14H17NO2S. The molecule has 1 aromatic rings. The minimum atomic E-state index is -0.180. The van der Waals surface area contributed by atoms with Crippen LogP contribution in [0.3, 0.4) is 0 Å². The molecule has 0 aromatic carbocycles. The number of hydrogen-bond acceptors (Lipinski definition) is 3. The highest BCUT2D eigenvalue weighted by Gasteiger charge is 2.31. The molecule has 4 heteroatoms. The summed E-state index contributed by atoms with van der Waals surface area (Å²) < 4.78 is 0. The molecule has 2 heterocycles. The van der Waals surface area contributed by atoms with Crippen molar-refractivity contribution >= 4 is 17.2 Å². The van der Waals surface area contributed by atoms with E-state index in [1.165, 1.54) is 11.3 Å². The van der Waals surface area contributed by atoms with E-state index >= 15 is 0 Å². The van der Waals surface area contributed by atoms with Gasteiger partial charge in [0.2, 0.25) is 0 Å². The first-order valence-corrected chi connectivity index (χ1v) is 6.99. The molecule has 1 aliphatic heterocycles. The second-order valence-corrected chi connectivity index (χ2v) is 5.69. The molecule has 0 spiro atoms. The molecule has 0 bridgehead atoms. The van der Waals surface area contributed by atoms with Crippen molar-refractivity contribution in [2.45, 2.75) is 26.3 Å². The fourth-order valence-corrected chi connectivity index (χ4v) is 3.23. The van der Waals surface area contributed by atoms with Crippen molar-refractivity contribution in [3.63, 3.8) is 0 Å². The first kappa shape index (κ1) is 13.1. The molecule has 1 amide bonds. The summed E-state index contributed by atoms with van der Waals surface area (Å²) in [5, 5.41) is 10.6. The average Bonchev–Trinajstić information content (AvgIpc) is 2.92. The quantitative estimate of drug-likeness (QED) is 0.787. The fraction of sp³-hybridized carbons (Fsp3) is 0.500. The van der Waals surface area contributed by atoms with Gasteiger partial charge < -0.3 is 10.0 Å². The predicted octanol–water partition coefficient (Wildman–Crippen LogP) is 1.96. The zero-order valence-electron chi connectivity index (χ0n) is 10.6. The summed E-state index contributed by atoms with van der Waals surface area (Å²) in [5.74, 6) is 6.07. The lowest BCUT2D eigenvalue weighted by molar-refractivity contribution is 0.0748. The molecule has 0 aliphatic carbocycles. The highest BCUT2D eigenvalue weighted by Crippen LogP contribution is 2.27. The number of amides is 1. The maximum Gasteiger partial charge on any atom is 0.265 e. The monoisotopic (exact) mass is 263 g/mol. The topological polar surface area (TPSA) is 40.5 Å². The van der Waals surface area contributed by atoms with Crippen molar-refractivity contribution in [2.24, 2.45) is 5.92 Å². The van der Waals surface area contributed by atoms with Crippen molar-refractivity contribution in [3.05, 3.63) is 21.9 Å². The molecule has 3 nitrogen and oxygen atoms in total. The predicted molar refractivity (Wildman–Crippen MR) is 72.6 cm³/mol. The minimum Gasteiger partial charge on any atom is -0.384 e. The van der Waals surface area contributed by atoms with Gasteiger partial charge >= 0.3 is 0 Å². The van der Waals surface area contributed by atoms with Crippen LogP contribution in [0.15, 0.2) is 11.4 Å². The van der Waals surface area contributed by atoms with Crippen LogP contribution in [0.1, 0.15) is 35.5 Å². The molecule has 2 atom stereocenters. The molecule has 1 saturated heterocycles. The van der Waals surface area contributed by atoms with Gasteiger partial charge in [-0.25, -0.2) is 0 Å². The molecule has 1 aliphatic rings. The van der Waals surface area contributed by atoms with Gasteiger partial charge in [0.05, 0.1) is 0 Å². The fourth-order valence-electron chi connectivity index (χ4n) is 2.42. The Morgan fingerprint density at radius 2 is 2.39 bits per heavy atom. The van der Waals surface area contributed by atoms with Gasteiger partial charge in [0.1, 0.15) is 11.5 Å². The minimum absolute atomic E-state index is 0.0732. The van der Waals surface area contributed by atoms with Crippen LogP contribution in [0.2, 0.25) is 0 Å². The van der Waals surface area contributed by atoms with E-state index in [0.29, 0.717) is 16.8 Å². The van der Waals surface area contributed by atoms with Crippen molar-refractivity contribution < 1.29 is 9.90 Å². The SMILES string of the molecule is CC1CC(C)N(C(=O)c2sccc2C#CCO)C1. The maximum atomic E-state index is 12.5. The molecule has 1 N–H and O–H groups in total. The van der Waals surface area contributed by atoms with Gasteiger partial charge in [0, 0.05) is 18.2 Å². The number of rotatable bonds is 1. The number of carbonyl (C=O) groups is 1. The standard InChI is InChI=1S/C14H17NO2S/c1-10-8-11(2)15(9-10)14(17)13-12(4-3-6-16)5-7-18-13/h5,7,10-11,16H,6,8-9H2,1-2H3. The molecule has 2 rings (SSSR count). The van der Waals surface area contributed by atoms with Crippen LogP contribution in [-0.4, -0.2) is 35.1 Å². The number of nitrogens with zero attached hydrogens (tertiary/aromatic N) is 1. The number of carbonyl (C=O) groups excluding carboxylic acids is 1. The van der Waals surface area contributed by atoms with Crippen molar-refractivity contribution in [3.8, 4) is 11.8 Å². The Bertz CT molecular complexity index is 497. The Hall–Kier alpha value is -1.31. The number of hydrogen-bond donors (Lipinski definition) is 1. The summed E-state index contributed by atoms with van der Waals surface area (Å²) in [6, 6.07) is 2.14. The zero-order valence-corrected chi connectivity index (χ0v) is 11.5. The molecule has 2 unspecified atom stereocenters. The van der Waals surface area contributed by atoms with Crippen LogP contribution in [0, 0.1) is 17.8 Å². The van der Waals surface area contributed by atoms with E-state index in [1.807, 2.05) is 16.3 Å². The third-order valence-electron chi connectivity index (χ3n) is 3.21. The summed E-state index contributed by atoms with van der Waals surface area (Å²) in [7, 11) is 0. The van der Waals surface area contributed by atoms with Crippen LogP contribution < -0.4 is 0 Å². The molecule has 1 fully saturated rings. The lowest BCUT2D eigenvalue weighted by Gasteiger charge is -2.20. The smallest absolute Gasteiger partial charge is 0.265 e. The van der Waals surface area contributed by atoms with Crippen molar-refractivity contribution in [2.75, 3.05) is 13.2 Å². The molecule has 1 aromatic heterocycles. The summed E-state index contributed by atoms with van der Waals surface area (Å²) in [6.45, 7) is 4.91. The molecule has 0 radical (unpaired) electrons.